The molecule has 2 aromatic rings. The van der Waals surface area contributed by atoms with Gasteiger partial charge in [-0.15, -0.1) is 0 Å². The van der Waals surface area contributed by atoms with E-state index in [1.165, 1.54) is 18.2 Å². The highest BCUT2D eigenvalue weighted by Gasteiger charge is 2.14. The summed E-state index contributed by atoms with van der Waals surface area (Å²) < 4.78 is 16.5. The Morgan fingerprint density at radius 1 is 1.19 bits per heavy atom. The molecule has 0 unspecified atom stereocenters. The molecule has 1 heterocycles. The second-order valence-electron chi connectivity index (χ2n) is 6.02. The highest BCUT2D eigenvalue weighted by Crippen LogP contribution is 2.30. The summed E-state index contributed by atoms with van der Waals surface area (Å²) in [6.07, 6.45) is 3.15. The van der Waals surface area contributed by atoms with E-state index in [9.17, 15) is 14.9 Å². The molecule has 0 radical (unpaired) electrons. The fraction of sp³-hybridized carbons (Fsp3) is 0.250. The lowest BCUT2D eigenvalue weighted by molar-refractivity contribution is -0.385. The van der Waals surface area contributed by atoms with Crippen LogP contribution >= 0.6 is 0 Å². The number of rotatable bonds is 5. The maximum Gasteiger partial charge on any atom is 0.331 e. The molecule has 3 rings (SSSR count). The summed E-state index contributed by atoms with van der Waals surface area (Å²) >= 11 is 0. The summed E-state index contributed by atoms with van der Waals surface area (Å²) in [6, 6.07) is 11.4. The van der Waals surface area contributed by atoms with E-state index in [4.69, 9.17) is 14.2 Å². The maximum atomic E-state index is 12.1. The zero-order chi connectivity index (χ0) is 19.2. The van der Waals surface area contributed by atoms with Gasteiger partial charge in [0.25, 0.3) is 5.69 Å². The van der Waals surface area contributed by atoms with Crippen LogP contribution in [-0.4, -0.2) is 24.1 Å². The van der Waals surface area contributed by atoms with Crippen LogP contribution in [0.15, 0.2) is 48.5 Å². The number of non-ortho nitro benzene ring substituents is 1. The SMILES string of the molecule is C[C@H](OC(=O)/C=C/c1ccc2c(c1)OCCCO2)c1cccc([N+](=O)[O-])c1. The Kier molecular flexibility index (Phi) is 5.71. The van der Waals surface area contributed by atoms with E-state index in [0.29, 0.717) is 30.3 Å². The van der Waals surface area contributed by atoms with Crippen LogP contribution in [0, 0.1) is 10.1 Å². The third-order valence-electron chi connectivity index (χ3n) is 4.03. The topological polar surface area (TPSA) is 87.9 Å². The average Bonchev–Trinajstić information content (AvgIpc) is 2.91. The quantitative estimate of drug-likeness (QED) is 0.342. The third-order valence-corrected chi connectivity index (χ3v) is 4.03. The lowest BCUT2D eigenvalue weighted by Crippen LogP contribution is -2.06. The first kappa shape index (κ1) is 18.4. The lowest BCUT2D eigenvalue weighted by atomic mass is 10.1. The van der Waals surface area contributed by atoms with Crippen molar-refractivity contribution in [2.75, 3.05) is 13.2 Å². The molecular weight excluding hydrogens is 350 g/mol. The molecule has 0 N–H and O–H groups in total. The van der Waals surface area contributed by atoms with E-state index in [2.05, 4.69) is 0 Å². The van der Waals surface area contributed by atoms with E-state index in [1.54, 1.807) is 37.3 Å². The maximum absolute atomic E-state index is 12.1. The highest BCUT2D eigenvalue weighted by atomic mass is 16.6. The molecule has 0 spiro atoms. The van der Waals surface area contributed by atoms with E-state index < -0.39 is 17.0 Å². The van der Waals surface area contributed by atoms with Crippen molar-refractivity contribution in [2.45, 2.75) is 19.4 Å². The Balaban J connectivity index is 1.64. The van der Waals surface area contributed by atoms with Crippen molar-refractivity contribution in [2.24, 2.45) is 0 Å². The predicted octanol–water partition coefficient (Wildman–Crippen LogP) is 4.07. The van der Waals surface area contributed by atoms with Crippen molar-refractivity contribution in [3.05, 3.63) is 69.8 Å². The van der Waals surface area contributed by atoms with Gasteiger partial charge in [-0.2, -0.15) is 0 Å². The van der Waals surface area contributed by atoms with Gasteiger partial charge in [0.1, 0.15) is 6.10 Å². The van der Waals surface area contributed by atoms with Gasteiger partial charge in [-0.3, -0.25) is 10.1 Å². The Labute approximate surface area is 156 Å². The Bertz CT molecular complexity index is 877. The van der Waals surface area contributed by atoms with Gasteiger partial charge in [-0.05, 0) is 36.3 Å². The minimum atomic E-state index is -0.606. The van der Waals surface area contributed by atoms with Gasteiger partial charge < -0.3 is 14.2 Å². The fourth-order valence-electron chi connectivity index (χ4n) is 2.62. The molecule has 1 aliphatic heterocycles. The third kappa shape index (κ3) is 4.84. The number of carbonyl (C=O) groups is 1. The van der Waals surface area contributed by atoms with Gasteiger partial charge >= 0.3 is 5.97 Å². The van der Waals surface area contributed by atoms with E-state index in [-0.39, 0.29) is 5.69 Å². The predicted molar refractivity (Wildman–Crippen MR) is 98.7 cm³/mol. The number of hydrogen-bond acceptors (Lipinski definition) is 6. The summed E-state index contributed by atoms with van der Waals surface area (Å²) in [5, 5.41) is 10.8. The van der Waals surface area contributed by atoms with Crippen molar-refractivity contribution in [1.82, 2.24) is 0 Å². The fourth-order valence-corrected chi connectivity index (χ4v) is 2.62. The molecule has 0 fully saturated rings. The molecule has 0 saturated heterocycles. The molecule has 140 valence electrons. The number of hydrogen-bond donors (Lipinski definition) is 0. The van der Waals surface area contributed by atoms with Crippen LogP contribution in [0.2, 0.25) is 0 Å². The van der Waals surface area contributed by atoms with Crippen LogP contribution in [0.5, 0.6) is 11.5 Å². The first-order valence-corrected chi connectivity index (χ1v) is 8.55. The van der Waals surface area contributed by atoms with Gasteiger partial charge in [0.2, 0.25) is 0 Å². The van der Waals surface area contributed by atoms with Crippen LogP contribution in [-0.2, 0) is 9.53 Å². The largest absolute Gasteiger partial charge is 0.490 e. The van der Waals surface area contributed by atoms with Crippen molar-refractivity contribution in [3.63, 3.8) is 0 Å². The summed E-state index contributed by atoms with van der Waals surface area (Å²) in [6.45, 7) is 2.87. The zero-order valence-corrected chi connectivity index (χ0v) is 14.8. The normalized spacial score (nSPS) is 14.4. The Morgan fingerprint density at radius 2 is 1.96 bits per heavy atom. The van der Waals surface area contributed by atoms with Gasteiger partial charge in [-0.25, -0.2) is 4.79 Å². The molecule has 0 aliphatic carbocycles. The summed E-state index contributed by atoms with van der Waals surface area (Å²) in [7, 11) is 0. The van der Waals surface area contributed by atoms with Gasteiger partial charge in [0.05, 0.1) is 18.1 Å². The molecule has 7 heteroatoms. The number of nitro benzene ring substituents is 1. The first-order chi connectivity index (χ1) is 13.0. The van der Waals surface area contributed by atoms with Gasteiger partial charge in [0.15, 0.2) is 11.5 Å². The molecule has 0 saturated carbocycles. The molecule has 0 amide bonds. The number of nitro groups is 1. The number of ether oxygens (including phenoxy) is 3. The molecule has 1 atom stereocenters. The zero-order valence-electron chi connectivity index (χ0n) is 14.8. The molecule has 7 nitrogen and oxygen atoms in total. The van der Waals surface area contributed by atoms with E-state index in [0.717, 1.165) is 12.0 Å². The van der Waals surface area contributed by atoms with Crippen LogP contribution in [0.3, 0.4) is 0 Å². The number of fused-ring (bicyclic) bond motifs is 1. The number of esters is 1. The minimum Gasteiger partial charge on any atom is -0.490 e. The van der Waals surface area contributed by atoms with Crippen LogP contribution < -0.4 is 9.47 Å². The lowest BCUT2D eigenvalue weighted by Gasteiger charge is -2.12. The summed E-state index contributed by atoms with van der Waals surface area (Å²) in [5.74, 6) is 0.792. The van der Waals surface area contributed by atoms with Crippen molar-refractivity contribution in [3.8, 4) is 11.5 Å². The second-order valence-corrected chi connectivity index (χ2v) is 6.02. The Hall–Kier alpha value is -3.35. The van der Waals surface area contributed by atoms with Crippen LogP contribution in [0.4, 0.5) is 5.69 Å². The smallest absolute Gasteiger partial charge is 0.331 e. The van der Waals surface area contributed by atoms with Gasteiger partial charge in [-0.1, -0.05) is 18.2 Å². The van der Waals surface area contributed by atoms with Crippen molar-refractivity contribution >= 4 is 17.7 Å². The monoisotopic (exact) mass is 369 g/mol. The van der Waals surface area contributed by atoms with Gasteiger partial charge in [0, 0.05) is 24.6 Å². The molecular formula is C20H19NO6. The summed E-state index contributed by atoms with van der Waals surface area (Å²) in [4.78, 5) is 22.4. The molecule has 1 aliphatic rings. The van der Waals surface area contributed by atoms with Crippen LogP contribution in [0.25, 0.3) is 6.08 Å². The van der Waals surface area contributed by atoms with E-state index in [1.807, 2.05) is 6.07 Å². The molecule has 27 heavy (non-hydrogen) atoms. The standard InChI is InChI=1S/C20H19NO6/c1-14(16-4-2-5-17(13-16)21(23)24)27-20(22)9-7-15-6-8-18-19(12-15)26-11-3-10-25-18/h2,4-9,12-14H,3,10-11H2,1H3/b9-7+/t14-/m0/s1. The van der Waals surface area contributed by atoms with Crippen molar-refractivity contribution < 1.29 is 23.9 Å². The number of benzene rings is 2. The Morgan fingerprint density at radius 3 is 2.74 bits per heavy atom. The number of carbonyl (C=O) groups excluding carboxylic acids is 1. The highest BCUT2D eigenvalue weighted by molar-refractivity contribution is 5.87. The number of nitrogens with zero attached hydrogens (tertiary/aromatic N) is 1. The van der Waals surface area contributed by atoms with E-state index >= 15 is 0 Å². The average molecular weight is 369 g/mol. The molecule has 0 aromatic heterocycles. The minimum absolute atomic E-state index is 0.0434. The first-order valence-electron chi connectivity index (χ1n) is 8.55. The van der Waals surface area contributed by atoms with Crippen LogP contribution in [0.1, 0.15) is 30.6 Å². The second kappa shape index (κ2) is 8.35. The van der Waals surface area contributed by atoms with Crippen molar-refractivity contribution in [1.29, 1.82) is 0 Å². The molecule has 0 bridgehead atoms. The molecule has 2 aromatic carbocycles. The summed E-state index contributed by atoms with van der Waals surface area (Å²) in [5.41, 5.74) is 1.29.